The number of aliphatic carboxylic acids is 1. The maximum absolute atomic E-state index is 11.3. The van der Waals surface area contributed by atoms with Crippen LogP contribution in [0, 0.1) is 5.92 Å². The Bertz CT molecular complexity index is 489. The maximum Gasteiger partial charge on any atom is 0.306 e. The van der Waals surface area contributed by atoms with Gasteiger partial charge in [-0.25, -0.2) is 0 Å². The molecule has 0 bridgehead atoms. The lowest BCUT2D eigenvalue weighted by molar-refractivity contribution is -0.142. The van der Waals surface area contributed by atoms with Crippen LogP contribution in [-0.2, 0) is 4.79 Å². The highest BCUT2D eigenvalue weighted by molar-refractivity contribution is 5.91. The minimum atomic E-state index is -0.738. The second-order valence-electron chi connectivity index (χ2n) is 4.93. The van der Waals surface area contributed by atoms with E-state index in [-0.39, 0.29) is 23.6 Å². The highest BCUT2D eigenvalue weighted by atomic mass is 16.4. The molecule has 3 N–H and O–H groups in total. The van der Waals surface area contributed by atoms with Crippen molar-refractivity contribution in [3.05, 3.63) is 17.8 Å². The maximum atomic E-state index is 11.3. The van der Waals surface area contributed by atoms with Crippen molar-refractivity contribution in [1.82, 2.24) is 15.5 Å². The largest absolute Gasteiger partial charge is 0.481 e. The average Bonchev–Trinajstić information content (AvgIpc) is 2.47. The number of anilines is 1. The topological polar surface area (TPSA) is 104 Å². The Morgan fingerprint density at radius 3 is 2.70 bits per heavy atom. The number of hydrogen-bond donors (Lipinski definition) is 3. The van der Waals surface area contributed by atoms with Crippen molar-refractivity contribution in [3.8, 4) is 0 Å². The van der Waals surface area contributed by atoms with E-state index in [0.29, 0.717) is 12.2 Å². The van der Waals surface area contributed by atoms with Crippen molar-refractivity contribution >= 4 is 17.7 Å². The van der Waals surface area contributed by atoms with Crippen LogP contribution in [0.4, 0.5) is 5.82 Å². The number of carboxylic acid groups (broad SMARTS) is 1. The summed E-state index contributed by atoms with van der Waals surface area (Å²) in [5.41, 5.74) is 0.255. The number of nitrogens with zero attached hydrogens (tertiary/aromatic N) is 2. The van der Waals surface area contributed by atoms with Crippen LogP contribution in [0.3, 0.4) is 0 Å². The fraction of sp³-hybridized carbons (Fsp3) is 0.538. The normalized spacial score (nSPS) is 22.1. The van der Waals surface area contributed by atoms with Crippen LogP contribution < -0.4 is 10.6 Å². The molecule has 20 heavy (non-hydrogen) atoms. The SMILES string of the molecule is CNC(=O)c1ccc(NC2CCCC(C(=O)O)C2)nn1. The van der Waals surface area contributed by atoms with Crippen LogP contribution in [0.15, 0.2) is 12.1 Å². The Kier molecular flexibility index (Phi) is 4.49. The quantitative estimate of drug-likeness (QED) is 0.755. The third-order valence-electron chi connectivity index (χ3n) is 3.50. The van der Waals surface area contributed by atoms with Gasteiger partial charge >= 0.3 is 5.97 Å². The number of amides is 1. The molecule has 1 saturated carbocycles. The Labute approximate surface area is 116 Å². The number of aromatic nitrogens is 2. The molecule has 7 heteroatoms. The monoisotopic (exact) mass is 278 g/mol. The van der Waals surface area contributed by atoms with E-state index in [4.69, 9.17) is 5.11 Å². The van der Waals surface area contributed by atoms with E-state index in [2.05, 4.69) is 20.8 Å². The minimum absolute atomic E-state index is 0.0880. The molecule has 0 saturated heterocycles. The van der Waals surface area contributed by atoms with Crippen molar-refractivity contribution in [1.29, 1.82) is 0 Å². The summed E-state index contributed by atoms with van der Waals surface area (Å²) in [4.78, 5) is 22.3. The van der Waals surface area contributed by atoms with Gasteiger partial charge in [-0.05, 0) is 31.4 Å². The van der Waals surface area contributed by atoms with Crippen LogP contribution in [-0.4, -0.2) is 40.3 Å². The van der Waals surface area contributed by atoms with Crippen LogP contribution >= 0.6 is 0 Å². The molecule has 0 aliphatic heterocycles. The average molecular weight is 278 g/mol. The van der Waals surface area contributed by atoms with Crippen molar-refractivity contribution in [2.75, 3.05) is 12.4 Å². The summed E-state index contributed by atoms with van der Waals surface area (Å²) in [6, 6.07) is 3.36. The molecule has 2 atom stereocenters. The molecule has 1 aliphatic rings. The number of nitrogens with one attached hydrogen (secondary N) is 2. The van der Waals surface area contributed by atoms with E-state index in [1.54, 1.807) is 12.1 Å². The highest BCUT2D eigenvalue weighted by Gasteiger charge is 2.27. The minimum Gasteiger partial charge on any atom is -0.481 e. The van der Waals surface area contributed by atoms with Crippen molar-refractivity contribution in [3.63, 3.8) is 0 Å². The van der Waals surface area contributed by atoms with Gasteiger partial charge in [0.15, 0.2) is 5.69 Å². The zero-order valence-corrected chi connectivity index (χ0v) is 11.3. The Hall–Kier alpha value is -2.18. The van der Waals surface area contributed by atoms with E-state index in [1.165, 1.54) is 7.05 Å². The first-order valence-corrected chi connectivity index (χ1v) is 6.65. The van der Waals surface area contributed by atoms with Crippen molar-refractivity contribution in [2.45, 2.75) is 31.7 Å². The van der Waals surface area contributed by atoms with Crippen molar-refractivity contribution in [2.24, 2.45) is 5.92 Å². The van der Waals surface area contributed by atoms with Gasteiger partial charge in [0, 0.05) is 13.1 Å². The summed E-state index contributed by atoms with van der Waals surface area (Å²) in [5, 5.41) is 22.5. The smallest absolute Gasteiger partial charge is 0.306 e. The molecule has 108 valence electrons. The summed E-state index contributed by atoms with van der Waals surface area (Å²) < 4.78 is 0. The van der Waals surface area contributed by atoms with Gasteiger partial charge in [-0.1, -0.05) is 6.42 Å². The summed E-state index contributed by atoms with van der Waals surface area (Å²) in [7, 11) is 1.53. The molecule has 2 rings (SSSR count). The molecule has 1 aromatic rings. The number of rotatable bonds is 4. The molecular formula is C13H18N4O3. The first kappa shape index (κ1) is 14.2. The van der Waals surface area contributed by atoms with E-state index in [0.717, 1.165) is 19.3 Å². The summed E-state index contributed by atoms with van der Waals surface area (Å²) in [5.74, 6) is -0.752. The second-order valence-corrected chi connectivity index (χ2v) is 4.93. The zero-order chi connectivity index (χ0) is 14.5. The van der Waals surface area contributed by atoms with Crippen molar-refractivity contribution < 1.29 is 14.7 Å². The van der Waals surface area contributed by atoms with Gasteiger partial charge in [-0.15, -0.1) is 10.2 Å². The van der Waals surface area contributed by atoms with E-state index in [1.807, 2.05) is 0 Å². The van der Waals surface area contributed by atoms with Gasteiger partial charge in [-0.3, -0.25) is 9.59 Å². The number of carbonyl (C=O) groups is 2. The number of hydrogen-bond acceptors (Lipinski definition) is 5. The van der Waals surface area contributed by atoms with E-state index in [9.17, 15) is 9.59 Å². The summed E-state index contributed by atoms with van der Waals surface area (Å²) in [6.07, 6.45) is 3.13. The van der Waals surface area contributed by atoms with Crippen LogP contribution in [0.1, 0.15) is 36.2 Å². The first-order valence-electron chi connectivity index (χ1n) is 6.65. The predicted octanol–water partition coefficient (Wildman–Crippen LogP) is 0.891. The zero-order valence-electron chi connectivity index (χ0n) is 11.3. The fourth-order valence-corrected chi connectivity index (χ4v) is 2.41. The predicted molar refractivity (Wildman–Crippen MR) is 72.4 cm³/mol. The molecular weight excluding hydrogens is 260 g/mol. The van der Waals surface area contributed by atoms with E-state index < -0.39 is 5.97 Å². The molecule has 1 amide bonds. The summed E-state index contributed by atoms with van der Waals surface area (Å²) >= 11 is 0. The van der Waals surface area contributed by atoms with E-state index >= 15 is 0 Å². The van der Waals surface area contributed by atoms with Gasteiger partial charge in [-0.2, -0.15) is 0 Å². The molecule has 0 radical (unpaired) electrons. The molecule has 0 aromatic carbocycles. The first-order chi connectivity index (χ1) is 9.60. The van der Waals surface area contributed by atoms with Crippen LogP contribution in [0.2, 0.25) is 0 Å². The van der Waals surface area contributed by atoms with Crippen LogP contribution in [0.25, 0.3) is 0 Å². The van der Waals surface area contributed by atoms with Gasteiger partial charge < -0.3 is 15.7 Å². The fourth-order valence-electron chi connectivity index (χ4n) is 2.41. The molecule has 1 fully saturated rings. The molecule has 0 spiro atoms. The Morgan fingerprint density at radius 2 is 2.10 bits per heavy atom. The van der Waals surface area contributed by atoms with Gasteiger partial charge in [0.05, 0.1) is 5.92 Å². The number of carboxylic acids is 1. The Morgan fingerprint density at radius 1 is 1.30 bits per heavy atom. The lowest BCUT2D eigenvalue weighted by Crippen LogP contribution is -2.31. The molecule has 2 unspecified atom stereocenters. The lowest BCUT2D eigenvalue weighted by atomic mass is 9.86. The molecule has 7 nitrogen and oxygen atoms in total. The molecule has 1 aromatic heterocycles. The third kappa shape index (κ3) is 3.43. The standard InChI is InChI=1S/C13H18N4O3/c1-14-12(18)10-5-6-11(17-16-10)15-9-4-2-3-8(7-9)13(19)20/h5-6,8-9H,2-4,7H2,1H3,(H,14,18)(H,15,17)(H,19,20). The lowest BCUT2D eigenvalue weighted by Gasteiger charge is -2.27. The number of carbonyl (C=O) groups excluding carboxylic acids is 1. The Balaban J connectivity index is 1.96. The highest BCUT2D eigenvalue weighted by Crippen LogP contribution is 2.26. The third-order valence-corrected chi connectivity index (χ3v) is 3.50. The summed E-state index contributed by atoms with van der Waals surface area (Å²) in [6.45, 7) is 0. The van der Waals surface area contributed by atoms with Gasteiger partial charge in [0.2, 0.25) is 0 Å². The molecule has 1 aliphatic carbocycles. The van der Waals surface area contributed by atoms with Crippen LogP contribution in [0.5, 0.6) is 0 Å². The second kappa shape index (κ2) is 6.31. The van der Waals surface area contributed by atoms with Gasteiger partial charge in [0.1, 0.15) is 5.82 Å². The molecule has 1 heterocycles. The van der Waals surface area contributed by atoms with Gasteiger partial charge in [0.25, 0.3) is 5.91 Å².